The second kappa shape index (κ2) is 9.17. The monoisotopic (exact) mass is 531 g/mol. The van der Waals surface area contributed by atoms with E-state index in [1.54, 1.807) is 6.07 Å². The predicted octanol–water partition coefficient (Wildman–Crippen LogP) is 5.02. The van der Waals surface area contributed by atoms with Crippen molar-refractivity contribution in [1.29, 1.82) is 0 Å². The van der Waals surface area contributed by atoms with Gasteiger partial charge < -0.3 is 15.8 Å². The molecule has 3 aromatic rings. The van der Waals surface area contributed by atoms with Gasteiger partial charge in [0.2, 0.25) is 0 Å². The number of nitrogens with one attached hydrogen (secondary N) is 2. The fourth-order valence-electron chi connectivity index (χ4n) is 4.06. The molecule has 0 saturated carbocycles. The van der Waals surface area contributed by atoms with Crippen LogP contribution in [0.1, 0.15) is 44.5 Å². The van der Waals surface area contributed by atoms with Crippen LogP contribution in [0.3, 0.4) is 0 Å². The summed E-state index contributed by atoms with van der Waals surface area (Å²) >= 11 is 10.4. The minimum absolute atomic E-state index is 0.0930. The average Bonchev–Trinajstić information content (AvgIpc) is 3.10. The number of amides is 2. The smallest absolute Gasteiger partial charge is 0.261 e. The van der Waals surface area contributed by atoms with Crippen molar-refractivity contribution in [2.24, 2.45) is 11.7 Å². The molecule has 0 saturated heterocycles. The van der Waals surface area contributed by atoms with Crippen LogP contribution >= 0.6 is 39.5 Å². The maximum absolute atomic E-state index is 13.0. The summed E-state index contributed by atoms with van der Waals surface area (Å²) in [6.45, 7) is 2.19. The summed E-state index contributed by atoms with van der Waals surface area (Å²) in [6.07, 6.45) is 2.74. The van der Waals surface area contributed by atoms with Gasteiger partial charge in [-0.2, -0.15) is 0 Å². The van der Waals surface area contributed by atoms with Gasteiger partial charge >= 0.3 is 0 Å². The van der Waals surface area contributed by atoms with Gasteiger partial charge in [-0.1, -0.05) is 31.2 Å². The Balaban J connectivity index is 1.60. The second-order valence-corrected chi connectivity index (χ2v) is 10.1. The molecule has 1 unspecified atom stereocenters. The Kier molecular flexibility index (Phi) is 6.50. The van der Waals surface area contributed by atoms with Crippen LogP contribution in [-0.4, -0.2) is 24.0 Å². The number of hydrogen-bond acceptors (Lipinski definition) is 5. The number of fused-ring (bicyclic) bond motifs is 2. The van der Waals surface area contributed by atoms with E-state index in [2.05, 4.69) is 33.5 Å². The van der Waals surface area contributed by atoms with Crippen LogP contribution in [0.4, 0.5) is 5.00 Å². The van der Waals surface area contributed by atoms with Gasteiger partial charge in [0, 0.05) is 4.88 Å². The summed E-state index contributed by atoms with van der Waals surface area (Å²) in [4.78, 5) is 26.3. The first kappa shape index (κ1) is 22.7. The van der Waals surface area contributed by atoms with Crippen molar-refractivity contribution >= 4 is 72.2 Å². The Labute approximate surface area is 203 Å². The molecular weight excluding hydrogens is 510 g/mol. The number of anilines is 1. The Hall–Kier alpha value is -2.49. The lowest BCUT2D eigenvalue weighted by Crippen LogP contribution is -2.34. The molecule has 9 heteroatoms. The number of carbonyl (C=O) groups is 2. The van der Waals surface area contributed by atoms with E-state index in [4.69, 9.17) is 22.7 Å². The summed E-state index contributed by atoms with van der Waals surface area (Å²) in [5.41, 5.74) is 7.48. The summed E-state index contributed by atoms with van der Waals surface area (Å²) in [5, 5.41) is 8.22. The Morgan fingerprint density at radius 2 is 2.06 bits per heavy atom. The maximum atomic E-state index is 13.0. The quantitative estimate of drug-likeness (QED) is 0.411. The SMILES string of the molecule is COc1c(C(=O)NC(=S)Nc2sc3c(c2C(N)=O)CCC(C)C3)cc2ccccc2c1Br. The van der Waals surface area contributed by atoms with Crippen molar-refractivity contribution in [3.05, 3.63) is 56.4 Å². The highest BCUT2D eigenvalue weighted by Gasteiger charge is 2.27. The molecular formula is C23H22BrN3O3S2. The molecule has 1 heterocycles. The minimum atomic E-state index is -0.492. The Morgan fingerprint density at radius 1 is 1.31 bits per heavy atom. The lowest BCUT2D eigenvalue weighted by Gasteiger charge is -2.18. The minimum Gasteiger partial charge on any atom is -0.495 e. The Morgan fingerprint density at radius 3 is 2.78 bits per heavy atom. The predicted molar refractivity (Wildman–Crippen MR) is 136 cm³/mol. The first-order chi connectivity index (χ1) is 15.3. The van der Waals surface area contributed by atoms with Gasteiger partial charge in [0.15, 0.2) is 5.11 Å². The molecule has 1 atom stereocenters. The van der Waals surface area contributed by atoms with Gasteiger partial charge in [0.1, 0.15) is 10.8 Å². The highest BCUT2D eigenvalue weighted by molar-refractivity contribution is 9.10. The van der Waals surface area contributed by atoms with E-state index in [1.165, 1.54) is 18.4 Å². The lowest BCUT2D eigenvalue weighted by atomic mass is 9.88. The third-order valence-corrected chi connectivity index (χ3v) is 7.76. The fourth-order valence-corrected chi connectivity index (χ4v) is 6.47. The normalized spacial score (nSPS) is 15.2. The zero-order chi connectivity index (χ0) is 23.0. The van der Waals surface area contributed by atoms with Gasteiger partial charge in [0.05, 0.1) is 22.7 Å². The zero-order valence-electron chi connectivity index (χ0n) is 17.6. The van der Waals surface area contributed by atoms with Gasteiger partial charge in [-0.25, -0.2) is 0 Å². The molecule has 32 heavy (non-hydrogen) atoms. The van der Waals surface area contributed by atoms with Crippen molar-refractivity contribution < 1.29 is 14.3 Å². The molecule has 0 spiro atoms. The number of rotatable bonds is 4. The van der Waals surface area contributed by atoms with Crippen LogP contribution in [0.2, 0.25) is 0 Å². The number of primary amides is 1. The summed E-state index contributed by atoms with van der Waals surface area (Å²) in [7, 11) is 1.51. The molecule has 2 aromatic carbocycles. The highest BCUT2D eigenvalue weighted by atomic mass is 79.9. The molecule has 0 radical (unpaired) electrons. The zero-order valence-corrected chi connectivity index (χ0v) is 20.8. The van der Waals surface area contributed by atoms with E-state index < -0.39 is 11.8 Å². The van der Waals surface area contributed by atoms with Crippen molar-refractivity contribution in [3.8, 4) is 5.75 Å². The summed E-state index contributed by atoms with van der Waals surface area (Å²) < 4.78 is 6.18. The molecule has 1 aromatic heterocycles. The summed E-state index contributed by atoms with van der Waals surface area (Å²) in [6, 6.07) is 9.45. The van der Waals surface area contributed by atoms with E-state index in [9.17, 15) is 9.59 Å². The third-order valence-electron chi connectivity index (χ3n) is 5.60. The number of thiocarbonyl (C=S) groups is 1. The van der Waals surface area contributed by atoms with Crippen molar-refractivity contribution in [3.63, 3.8) is 0 Å². The van der Waals surface area contributed by atoms with Crippen LogP contribution in [0.15, 0.2) is 34.8 Å². The molecule has 1 aliphatic rings. The molecule has 6 nitrogen and oxygen atoms in total. The van der Waals surface area contributed by atoms with Crippen LogP contribution in [-0.2, 0) is 12.8 Å². The number of ether oxygens (including phenoxy) is 1. The second-order valence-electron chi connectivity index (χ2n) is 7.82. The number of thiophene rings is 1. The van der Waals surface area contributed by atoms with E-state index in [-0.39, 0.29) is 5.11 Å². The molecule has 1 aliphatic carbocycles. The number of hydrogen-bond donors (Lipinski definition) is 3. The van der Waals surface area contributed by atoms with E-state index in [0.717, 1.165) is 40.5 Å². The number of methoxy groups -OCH3 is 1. The van der Waals surface area contributed by atoms with Gasteiger partial charge in [-0.3, -0.25) is 14.9 Å². The molecule has 4 N–H and O–H groups in total. The van der Waals surface area contributed by atoms with Crippen molar-refractivity contribution in [1.82, 2.24) is 5.32 Å². The molecule has 0 fully saturated rings. The largest absolute Gasteiger partial charge is 0.495 e. The number of nitrogens with two attached hydrogens (primary N) is 1. The van der Waals surface area contributed by atoms with Crippen LogP contribution < -0.4 is 21.1 Å². The number of benzene rings is 2. The van der Waals surface area contributed by atoms with Crippen molar-refractivity contribution in [2.45, 2.75) is 26.2 Å². The van der Waals surface area contributed by atoms with E-state index in [1.807, 2.05) is 24.3 Å². The maximum Gasteiger partial charge on any atom is 0.261 e. The van der Waals surface area contributed by atoms with Gasteiger partial charge in [-0.05, 0) is 75.7 Å². The molecule has 2 amide bonds. The number of halogens is 1. The van der Waals surface area contributed by atoms with Crippen LogP contribution in [0, 0.1) is 5.92 Å². The molecule has 166 valence electrons. The Bertz CT molecular complexity index is 1260. The number of carbonyl (C=O) groups excluding carboxylic acids is 2. The standard InChI is InChI=1S/C23H22BrN3O3S2/c1-11-7-8-14-16(9-11)32-22(17(14)20(25)28)27-23(31)26-21(29)15-10-12-5-3-4-6-13(12)18(24)19(15)30-2/h3-6,10-11H,7-9H2,1-2H3,(H2,25,28)(H2,26,27,29,31). The lowest BCUT2D eigenvalue weighted by molar-refractivity contribution is 0.0972. The van der Waals surface area contributed by atoms with E-state index >= 15 is 0 Å². The first-order valence-corrected chi connectivity index (χ1v) is 12.1. The summed E-state index contributed by atoms with van der Waals surface area (Å²) in [5.74, 6) is 0.0674. The topological polar surface area (TPSA) is 93.4 Å². The highest BCUT2D eigenvalue weighted by Crippen LogP contribution is 2.40. The van der Waals surface area contributed by atoms with Gasteiger partial charge in [0.25, 0.3) is 11.8 Å². The molecule has 0 aliphatic heterocycles. The van der Waals surface area contributed by atoms with Crippen LogP contribution in [0.5, 0.6) is 5.75 Å². The van der Waals surface area contributed by atoms with E-state index in [0.29, 0.717) is 32.3 Å². The average molecular weight is 532 g/mol. The van der Waals surface area contributed by atoms with Crippen LogP contribution in [0.25, 0.3) is 10.8 Å². The first-order valence-electron chi connectivity index (χ1n) is 10.1. The van der Waals surface area contributed by atoms with Crippen molar-refractivity contribution in [2.75, 3.05) is 12.4 Å². The van der Waals surface area contributed by atoms with Gasteiger partial charge in [-0.15, -0.1) is 11.3 Å². The third kappa shape index (κ3) is 4.24. The molecule has 4 rings (SSSR count). The molecule has 0 bridgehead atoms. The fraction of sp³-hybridized carbons (Fsp3) is 0.261.